The highest BCUT2D eigenvalue weighted by Gasteiger charge is 2.30. The number of hydrogen-bond donors (Lipinski definition) is 0. The molecule has 0 spiro atoms. The van der Waals surface area contributed by atoms with Gasteiger partial charge >= 0.3 is 0 Å². The molecule has 0 radical (unpaired) electrons. The minimum Gasteiger partial charge on any atom is -0.378 e. The number of ether oxygens (including phenoxy) is 1. The number of hydrogen-bond acceptors (Lipinski definition) is 4. The van der Waals surface area contributed by atoms with E-state index < -0.39 is 0 Å². The standard InChI is InChI=1S/C26H25N3O2/c30-26(28-15-17-31-18-16-28)22-11-13-23(14-12-22)29-25(21-9-5-2-6-10-21)19-24(27-29)20-7-3-1-4-8-20/h1-14,25H,15-19H2. The van der Waals surface area contributed by atoms with Crippen LogP contribution in [0.4, 0.5) is 5.69 Å². The minimum atomic E-state index is 0.0596. The van der Waals surface area contributed by atoms with Crippen LogP contribution in [0.2, 0.25) is 0 Å². The number of rotatable bonds is 4. The van der Waals surface area contributed by atoms with Gasteiger partial charge in [-0.25, -0.2) is 0 Å². The molecule has 0 bridgehead atoms. The van der Waals surface area contributed by atoms with Crippen molar-refractivity contribution >= 4 is 17.3 Å². The fourth-order valence-electron chi connectivity index (χ4n) is 4.19. The number of nitrogens with zero attached hydrogens (tertiary/aromatic N) is 3. The van der Waals surface area contributed by atoms with Crippen LogP contribution in [0.5, 0.6) is 0 Å². The molecule has 0 saturated carbocycles. The van der Waals surface area contributed by atoms with Crippen molar-refractivity contribution in [2.75, 3.05) is 31.3 Å². The molecule has 1 unspecified atom stereocenters. The first-order valence-electron chi connectivity index (χ1n) is 10.7. The van der Waals surface area contributed by atoms with Gasteiger partial charge in [-0.2, -0.15) is 5.10 Å². The lowest BCUT2D eigenvalue weighted by Gasteiger charge is -2.27. The van der Waals surface area contributed by atoms with Crippen LogP contribution < -0.4 is 5.01 Å². The smallest absolute Gasteiger partial charge is 0.254 e. The summed E-state index contributed by atoms with van der Waals surface area (Å²) in [5.41, 5.74) is 5.13. The molecule has 3 aromatic carbocycles. The number of benzene rings is 3. The summed E-state index contributed by atoms with van der Waals surface area (Å²) in [7, 11) is 0. The zero-order valence-corrected chi connectivity index (χ0v) is 17.4. The third-order valence-corrected chi connectivity index (χ3v) is 5.88. The Kier molecular flexibility index (Phi) is 5.50. The average molecular weight is 412 g/mol. The van der Waals surface area contributed by atoms with Gasteiger partial charge in [0.2, 0.25) is 0 Å². The Labute approximate surface area is 182 Å². The van der Waals surface area contributed by atoms with Gasteiger partial charge in [0.05, 0.1) is 30.7 Å². The highest BCUT2D eigenvalue weighted by Crippen LogP contribution is 2.36. The molecule has 5 heteroatoms. The molecule has 2 aliphatic heterocycles. The molecule has 3 aromatic rings. The van der Waals surface area contributed by atoms with Gasteiger partial charge in [-0.1, -0.05) is 60.7 Å². The Morgan fingerprint density at radius 2 is 1.48 bits per heavy atom. The van der Waals surface area contributed by atoms with Gasteiger partial charge in [-0.15, -0.1) is 0 Å². The molecular formula is C26H25N3O2. The van der Waals surface area contributed by atoms with Gasteiger partial charge in [0.1, 0.15) is 0 Å². The first-order chi connectivity index (χ1) is 15.3. The van der Waals surface area contributed by atoms with Crippen LogP contribution in [-0.4, -0.2) is 42.8 Å². The largest absolute Gasteiger partial charge is 0.378 e. The van der Waals surface area contributed by atoms with E-state index in [0.717, 1.165) is 23.4 Å². The molecule has 1 saturated heterocycles. The second kappa shape index (κ2) is 8.74. The summed E-state index contributed by atoms with van der Waals surface area (Å²) in [6.07, 6.45) is 0.836. The fourth-order valence-corrected chi connectivity index (χ4v) is 4.19. The number of hydrazone groups is 1. The van der Waals surface area contributed by atoms with Crippen molar-refractivity contribution in [3.8, 4) is 0 Å². The normalized spacial score (nSPS) is 18.7. The van der Waals surface area contributed by atoms with Crippen LogP contribution in [0.25, 0.3) is 0 Å². The zero-order chi connectivity index (χ0) is 21.0. The number of carbonyl (C=O) groups excluding carboxylic acids is 1. The molecule has 0 aliphatic carbocycles. The third-order valence-electron chi connectivity index (χ3n) is 5.88. The monoisotopic (exact) mass is 411 g/mol. The van der Waals surface area contributed by atoms with Crippen LogP contribution >= 0.6 is 0 Å². The highest BCUT2D eigenvalue weighted by molar-refractivity contribution is 6.03. The Hall–Kier alpha value is -3.44. The predicted molar refractivity (Wildman–Crippen MR) is 122 cm³/mol. The molecular weight excluding hydrogens is 386 g/mol. The molecule has 0 N–H and O–H groups in total. The molecule has 156 valence electrons. The molecule has 1 atom stereocenters. The lowest BCUT2D eigenvalue weighted by molar-refractivity contribution is 0.0303. The molecule has 5 nitrogen and oxygen atoms in total. The van der Waals surface area contributed by atoms with Crippen LogP contribution in [0.15, 0.2) is 90.0 Å². The van der Waals surface area contributed by atoms with Crippen molar-refractivity contribution in [1.82, 2.24) is 4.90 Å². The molecule has 1 amide bonds. The lowest BCUT2D eigenvalue weighted by Crippen LogP contribution is -2.40. The van der Waals surface area contributed by atoms with Crippen LogP contribution in [0.1, 0.15) is 33.9 Å². The van der Waals surface area contributed by atoms with Crippen molar-refractivity contribution in [1.29, 1.82) is 0 Å². The summed E-state index contributed by atoms with van der Waals surface area (Å²) < 4.78 is 5.36. The van der Waals surface area contributed by atoms with E-state index in [1.54, 1.807) is 0 Å². The van der Waals surface area contributed by atoms with Crippen LogP contribution in [-0.2, 0) is 4.74 Å². The molecule has 0 aromatic heterocycles. The maximum absolute atomic E-state index is 12.8. The summed E-state index contributed by atoms with van der Waals surface area (Å²) in [4.78, 5) is 14.6. The summed E-state index contributed by atoms with van der Waals surface area (Å²) in [6.45, 7) is 2.50. The van der Waals surface area contributed by atoms with E-state index in [1.807, 2.05) is 53.4 Å². The Morgan fingerprint density at radius 1 is 0.839 bits per heavy atom. The lowest BCUT2D eigenvalue weighted by atomic mass is 9.98. The van der Waals surface area contributed by atoms with E-state index >= 15 is 0 Å². The molecule has 2 heterocycles. The summed E-state index contributed by atoms with van der Waals surface area (Å²) in [6, 6.07) is 28.7. The summed E-state index contributed by atoms with van der Waals surface area (Å²) >= 11 is 0. The van der Waals surface area contributed by atoms with Crippen molar-refractivity contribution in [3.05, 3.63) is 102 Å². The third kappa shape index (κ3) is 4.09. The van der Waals surface area contributed by atoms with Crippen LogP contribution in [0, 0.1) is 0 Å². The maximum atomic E-state index is 12.8. The maximum Gasteiger partial charge on any atom is 0.254 e. The second-order valence-corrected chi connectivity index (χ2v) is 7.84. The van der Waals surface area contributed by atoms with Gasteiger partial charge in [-0.05, 0) is 35.4 Å². The first-order valence-corrected chi connectivity index (χ1v) is 10.7. The van der Waals surface area contributed by atoms with Gasteiger partial charge in [0, 0.05) is 25.1 Å². The highest BCUT2D eigenvalue weighted by atomic mass is 16.5. The SMILES string of the molecule is O=C(c1ccc(N2N=C(c3ccccc3)CC2c2ccccc2)cc1)N1CCOCC1. The zero-order valence-electron chi connectivity index (χ0n) is 17.4. The van der Waals surface area contributed by atoms with Gasteiger partial charge < -0.3 is 9.64 Å². The van der Waals surface area contributed by atoms with Crippen molar-refractivity contribution < 1.29 is 9.53 Å². The Morgan fingerprint density at radius 3 is 2.16 bits per heavy atom. The van der Waals surface area contributed by atoms with E-state index in [-0.39, 0.29) is 11.9 Å². The summed E-state index contributed by atoms with van der Waals surface area (Å²) in [5.74, 6) is 0.0596. The van der Waals surface area contributed by atoms with E-state index in [4.69, 9.17) is 9.84 Å². The Balaban J connectivity index is 1.44. The topological polar surface area (TPSA) is 45.1 Å². The second-order valence-electron chi connectivity index (χ2n) is 7.84. The first kappa shape index (κ1) is 19.5. The minimum absolute atomic E-state index is 0.0596. The molecule has 5 rings (SSSR count). The number of amides is 1. The summed E-state index contributed by atoms with van der Waals surface area (Å²) in [5, 5.41) is 7.07. The Bertz CT molecular complexity index is 1060. The van der Waals surface area contributed by atoms with Crippen molar-refractivity contribution in [2.24, 2.45) is 5.10 Å². The quantitative estimate of drug-likeness (QED) is 0.634. The molecule has 2 aliphatic rings. The van der Waals surface area contributed by atoms with Gasteiger partial charge in [0.15, 0.2) is 0 Å². The molecule has 1 fully saturated rings. The van der Waals surface area contributed by atoms with Crippen molar-refractivity contribution in [3.63, 3.8) is 0 Å². The molecule has 31 heavy (non-hydrogen) atoms. The van der Waals surface area contributed by atoms with E-state index in [9.17, 15) is 4.79 Å². The predicted octanol–water partition coefficient (Wildman–Crippen LogP) is 4.51. The van der Waals surface area contributed by atoms with Gasteiger partial charge in [-0.3, -0.25) is 9.80 Å². The van der Waals surface area contributed by atoms with Gasteiger partial charge in [0.25, 0.3) is 5.91 Å². The van der Waals surface area contributed by atoms with Crippen molar-refractivity contribution in [2.45, 2.75) is 12.5 Å². The fraction of sp³-hybridized carbons (Fsp3) is 0.231. The number of anilines is 1. The average Bonchev–Trinajstić information content (AvgIpc) is 3.31. The van der Waals surface area contributed by atoms with Crippen LogP contribution in [0.3, 0.4) is 0 Å². The van der Waals surface area contributed by atoms with E-state index in [0.29, 0.717) is 31.9 Å². The van der Waals surface area contributed by atoms with E-state index in [1.165, 1.54) is 5.56 Å². The number of carbonyl (C=O) groups is 1. The number of morpholine rings is 1. The van der Waals surface area contributed by atoms with E-state index in [2.05, 4.69) is 41.4 Å².